The molecule has 2 heterocycles. The summed E-state index contributed by atoms with van der Waals surface area (Å²) in [6.45, 7) is 5.78. The van der Waals surface area contributed by atoms with Crippen molar-refractivity contribution in [3.63, 3.8) is 0 Å². The lowest BCUT2D eigenvalue weighted by molar-refractivity contribution is -0.137. The van der Waals surface area contributed by atoms with Crippen LogP contribution in [0.3, 0.4) is 0 Å². The second-order valence-electron chi connectivity index (χ2n) is 9.71. The lowest BCUT2D eigenvalue weighted by atomic mass is 10.0. The molecule has 2 amide bonds. The van der Waals surface area contributed by atoms with Crippen molar-refractivity contribution in [1.82, 2.24) is 10.6 Å². The first-order valence-electron chi connectivity index (χ1n) is 13.0. The van der Waals surface area contributed by atoms with Gasteiger partial charge in [0.15, 0.2) is 0 Å². The topological polar surface area (TPSA) is 139 Å². The number of fused-ring (bicyclic) bond motifs is 2. The molecule has 0 aliphatic heterocycles. The summed E-state index contributed by atoms with van der Waals surface area (Å²) in [5.41, 5.74) is 3.32. The van der Waals surface area contributed by atoms with Gasteiger partial charge in [-0.1, -0.05) is 30.3 Å². The average molecular weight is 565 g/mol. The van der Waals surface area contributed by atoms with Gasteiger partial charge in [0.1, 0.15) is 23.0 Å². The van der Waals surface area contributed by atoms with Crippen molar-refractivity contribution in [2.75, 3.05) is 12.3 Å². The van der Waals surface area contributed by atoms with Crippen LogP contribution in [-0.2, 0) is 26.6 Å². The third-order valence-corrected chi connectivity index (χ3v) is 7.94. The molecule has 40 heavy (non-hydrogen) atoms. The van der Waals surface area contributed by atoms with Crippen LogP contribution < -0.4 is 16.3 Å². The third-order valence-electron chi connectivity index (χ3n) is 6.83. The number of benzene rings is 2. The van der Waals surface area contributed by atoms with E-state index in [4.69, 9.17) is 13.9 Å². The molecule has 10 heteroatoms. The van der Waals surface area contributed by atoms with Gasteiger partial charge in [0.2, 0.25) is 11.8 Å². The van der Waals surface area contributed by atoms with Crippen LogP contribution in [-0.4, -0.2) is 41.2 Å². The van der Waals surface area contributed by atoms with Crippen molar-refractivity contribution >= 4 is 51.5 Å². The maximum Gasteiger partial charge on any atom is 0.340 e. The zero-order valence-corrected chi connectivity index (χ0v) is 23.5. The molecule has 2 aromatic heterocycles. The minimum absolute atomic E-state index is 0.0682. The zero-order chi connectivity index (χ0) is 28.8. The van der Waals surface area contributed by atoms with Crippen LogP contribution >= 0.6 is 11.8 Å². The minimum atomic E-state index is -0.944. The number of hydrogen-bond acceptors (Lipinski definition) is 7. The molecule has 0 saturated heterocycles. The van der Waals surface area contributed by atoms with E-state index >= 15 is 0 Å². The Kier molecular flexibility index (Phi) is 9.31. The Bertz CT molecular complexity index is 1610. The number of thioether (sulfide) groups is 1. The van der Waals surface area contributed by atoms with Crippen molar-refractivity contribution < 1.29 is 28.3 Å². The minimum Gasteiger partial charge on any atom is -0.481 e. The van der Waals surface area contributed by atoms with Crippen LogP contribution in [0.1, 0.15) is 40.9 Å². The quantitative estimate of drug-likeness (QED) is 0.170. The van der Waals surface area contributed by atoms with Gasteiger partial charge in [-0.2, -0.15) is 11.8 Å². The highest BCUT2D eigenvalue weighted by molar-refractivity contribution is 7.98. The van der Waals surface area contributed by atoms with Crippen molar-refractivity contribution in [3.8, 4) is 0 Å². The van der Waals surface area contributed by atoms with Gasteiger partial charge in [0.05, 0.1) is 12.0 Å². The number of carboxylic acid groups (broad SMARTS) is 1. The van der Waals surface area contributed by atoms with E-state index in [0.717, 1.165) is 22.3 Å². The van der Waals surface area contributed by atoms with E-state index in [1.54, 1.807) is 13.0 Å². The van der Waals surface area contributed by atoms with E-state index in [9.17, 15) is 19.2 Å². The number of carbonyl (C=O) groups excluding carboxylic acids is 2. The Labute approximate surface area is 235 Å². The van der Waals surface area contributed by atoms with Gasteiger partial charge >= 0.3 is 11.6 Å². The number of carboxylic acids is 1. The molecule has 4 aromatic rings. The van der Waals surface area contributed by atoms with E-state index in [1.807, 2.05) is 50.2 Å². The molecular weight excluding hydrogens is 532 g/mol. The van der Waals surface area contributed by atoms with Crippen molar-refractivity contribution in [1.29, 1.82) is 0 Å². The normalized spacial score (nSPS) is 12.0. The first-order chi connectivity index (χ1) is 19.1. The SMILES string of the molecule is Cc1oc2cc3oc(=O)c(CC(=O)NC(CSCc4ccccc4)C(=O)NCCCC(=O)O)c(C)c3cc2c1C. The molecule has 0 saturated carbocycles. The molecule has 9 nitrogen and oxygen atoms in total. The second-order valence-corrected chi connectivity index (χ2v) is 10.7. The fourth-order valence-electron chi connectivity index (χ4n) is 4.46. The fraction of sp³-hybridized carbons (Fsp3) is 0.333. The molecular formula is C30H32N2O7S. The summed E-state index contributed by atoms with van der Waals surface area (Å²) in [6.07, 6.45) is -0.0435. The van der Waals surface area contributed by atoms with E-state index in [-0.39, 0.29) is 31.4 Å². The number of aliphatic carboxylic acids is 1. The van der Waals surface area contributed by atoms with Crippen LogP contribution in [0.2, 0.25) is 0 Å². The Morgan fingerprint density at radius 2 is 1.68 bits per heavy atom. The van der Waals surface area contributed by atoms with Gasteiger partial charge in [0, 0.05) is 41.3 Å². The first-order valence-corrected chi connectivity index (χ1v) is 14.2. The van der Waals surface area contributed by atoms with Gasteiger partial charge in [-0.3, -0.25) is 14.4 Å². The molecule has 0 radical (unpaired) electrons. The van der Waals surface area contributed by atoms with Gasteiger partial charge in [-0.05, 0) is 49.9 Å². The molecule has 1 unspecified atom stereocenters. The molecule has 0 spiro atoms. The highest BCUT2D eigenvalue weighted by Crippen LogP contribution is 2.31. The number of rotatable bonds is 12. The molecule has 0 aliphatic carbocycles. The van der Waals surface area contributed by atoms with Gasteiger partial charge in [-0.25, -0.2) is 4.79 Å². The first kappa shape index (κ1) is 28.9. The second kappa shape index (κ2) is 12.9. The summed E-state index contributed by atoms with van der Waals surface area (Å²) in [7, 11) is 0. The summed E-state index contributed by atoms with van der Waals surface area (Å²) in [4.78, 5) is 49.7. The lowest BCUT2D eigenvalue weighted by Gasteiger charge is -2.18. The molecule has 2 aromatic carbocycles. The van der Waals surface area contributed by atoms with Crippen LogP contribution in [0.4, 0.5) is 0 Å². The van der Waals surface area contributed by atoms with Crippen LogP contribution in [0.25, 0.3) is 21.9 Å². The molecule has 0 aliphatic rings. The fourth-order valence-corrected chi connectivity index (χ4v) is 5.48. The largest absolute Gasteiger partial charge is 0.481 e. The van der Waals surface area contributed by atoms with E-state index in [1.165, 1.54) is 11.8 Å². The number of hydrogen-bond donors (Lipinski definition) is 3. The van der Waals surface area contributed by atoms with E-state index in [2.05, 4.69) is 10.6 Å². The Balaban J connectivity index is 1.50. The number of aryl methyl sites for hydroxylation is 3. The molecule has 210 valence electrons. The molecule has 1 atom stereocenters. The lowest BCUT2D eigenvalue weighted by Crippen LogP contribution is -2.49. The van der Waals surface area contributed by atoms with Crippen molar-refractivity contribution in [2.45, 2.75) is 51.8 Å². The van der Waals surface area contributed by atoms with Crippen molar-refractivity contribution in [2.24, 2.45) is 0 Å². The average Bonchev–Trinajstić information content (AvgIpc) is 3.20. The summed E-state index contributed by atoms with van der Waals surface area (Å²) in [5.74, 6) is -0.114. The summed E-state index contributed by atoms with van der Waals surface area (Å²) in [6, 6.07) is 12.5. The standard InChI is InChI=1S/C30H32N2O7S/c1-17-19(3)38-25-14-26-22(12-21(17)25)18(2)23(30(37)39-26)13-27(33)32-24(29(36)31-11-7-10-28(34)35)16-40-15-20-8-5-4-6-9-20/h4-6,8-9,12,14,24H,7,10-11,13,15-16H2,1-3H3,(H,31,36)(H,32,33)(H,34,35). The van der Waals surface area contributed by atoms with Gasteiger partial charge in [-0.15, -0.1) is 0 Å². The third kappa shape index (κ3) is 6.93. The Hall–Kier alpha value is -4.05. The maximum atomic E-state index is 13.1. The Morgan fingerprint density at radius 3 is 2.40 bits per heavy atom. The predicted octanol–water partition coefficient (Wildman–Crippen LogP) is 4.41. The molecule has 0 bridgehead atoms. The van der Waals surface area contributed by atoms with E-state index in [0.29, 0.717) is 33.6 Å². The number of nitrogens with one attached hydrogen (secondary N) is 2. The molecule has 3 N–H and O–H groups in total. The monoisotopic (exact) mass is 564 g/mol. The van der Waals surface area contributed by atoms with E-state index < -0.39 is 29.5 Å². The number of furan rings is 1. The predicted molar refractivity (Wildman–Crippen MR) is 155 cm³/mol. The summed E-state index contributed by atoms with van der Waals surface area (Å²) < 4.78 is 11.3. The van der Waals surface area contributed by atoms with Crippen LogP contribution in [0.5, 0.6) is 0 Å². The van der Waals surface area contributed by atoms with Crippen LogP contribution in [0, 0.1) is 20.8 Å². The van der Waals surface area contributed by atoms with Crippen LogP contribution in [0.15, 0.2) is 56.1 Å². The van der Waals surface area contributed by atoms with Gasteiger partial charge < -0.3 is 24.6 Å². The highest BCUT2D eigenvalue weighted by atomic mass is 32.2. The van der Waals surface area contributed by atoms with Crippen molar-refractivity contribution in [3.05, 3.63) is 80.9 Å². The Morgan fingerprint density at radius 1 is 0.975 bits per heavy atom. The molecule has 0 fully saturated rings. The smallest absolute Gasteiger partial charge is 0.340 e. The number of carbonyl (C=O) groups is 3. The molecule has 4 rings (SSSR count). The summed E-state index contributed by atoms with van der Waals surface area (Å²) in [5, 5.41) is 15.9. The maximum absolute atomic E-state index is 13.1. The zero-order valence-electron chi connectivity index (χ0n) is 22.7. The van der Waals surface area contributed by atoms with Gasteiger partial charge in [0.25, 0.3) is 0 Å². The number of amides is 2. The highest BCUT2D eigenvalue weighted by Gasteiger charge is 2.23. The summed E-state index contributed by atoms with van der Waals surface area (Å²) >= 11 is 1.49.